The normalized spacial score (nSPS) is 11.7. The third kappa shape index (κ3) is 10.1. The van der Waals surface area contributed by atoms with Gasteiger partial charge in [0.2, 0.25) is 0 Å². The number of benzene rings is 2. The summed E-state index contributed by atoms with van der Waals surface area (Å²) < 4.78 is 0. The average Bonchev–Trinajstić information content (AvgIpc) is 2.83. The topological polar surface area (TPSA) is 24.7 Å². The molecule has 33 heavy (non-hydrogen) atoms. The molecule has 0 aliphatic carbocycles. The first kappa shape index (κ1) is 29.5. The van der Waals surface area contributed by atoms with Crippen LogP contribution < -0.4 is 0 Å². The minimum atomic E-state index is 0. The van der Waals surface area contributed by atoms with Crippen LogP contribution in [0.1, 0.15) is 102 Å². The van der Waals surface area contributed by atoms with Crippen LogP contribution >= 0.6 is 0 Å². The molecular formula is C30H44N2Pd. The second-order valence-electron chi connectivity index (χ2n) is 8.70. The summed E-state index contributed by atoms with van der Waals surface area (Å²) in [6, 6.07) is 13.3. The van der Waals surface area contributed by atoms with Gasteiger partial charge in [-0.05, 0) is 85.0 Å². The van der Waals surface area contributed by atoms with Crippen molar-refractivity contribution in [3.8, 4) is 0 Å². The molecule has 3 heteroatoms. The van der Waals surface area contributed by atoms with E-state index in [9.17, 15) is 0 Å². The average molecular weight is 539 g/mol. The Morgan fingerprint density at radius 3 is 1.73 bits per heavy atom. The molecule has 0 saturated carbocycles. The van der Waals surface area contributed by atoms with Gasteiger partial charge in [0, 0.05) is 26.6 Å². The number of hydrogen-bond acceptors (Lipinski definition) is 2. The maximum Gasteiger partial charge on any atom is 0.0636 e. The van der Waals surface area contributed by atoms with E-state index in [-0.39, 0.29) is 20.4 Å². The summed E-state index contributed by atoms with van der Waals surface area (Å²) in [7, 11) is 0. The van der Waals surface area contributed by atoms with Gasteiger partial charge in [-0.15, -0.1) is 0 Å². The van der Waals surface area contributed by atoms with E-state index in [1.807, 2.05) is 6.21 Å². The van der Waals surface area contributed by atoms with Crippen molar-refractivity contribution < 1.29 is 20.4 Å². The molecule has 0 unspecified atom stereocenters. The smallest absolute Gasteiger partial charge is 0.0636 e. The van der Waals surface area contributed by atoms with Crippen LogP contribution in [0, 0.1) is 0 Å². The van der Waals surface area contributed by atoms with Gasteiger partial charge in [0.15, 0.2) is 0 Å². The predicted octanol–water partition coefficient (Wildman–Crippen LogP) is 9.16. The van der Waals surface area contributed by atoms with Gasteiger partial charge in [-0.3, -0.25) is 9.98 Å². The monoisotopic (exact) mass is 538 g/mol. The van der Waals surface area contributed by atoms with Crippen LogP contribution in [0.4, 0.5) is 11.4 Å². The first-order chi connectivity index (χ1) is 15.6. The summed E-state index contributed by atoms with van der Waals surface area (Å²) in [5.41, 5.74) is 8.85. The Balaban J connectivity index is 0.00000544. The molecule has 2 aromatic rings. The molecule has 0 fully saturated rings. The van der Waals surface area contributed by atoms with Crippen molar-refractivity contribution in [1.82, 2.24) is 0 Å². The third-order valence-corrected chi connectivity index (χ3v) is 6.33. The van der Waals surface area contributed by atoms with Crippen LogP contribution in [0.5, 0.6) is 0 Å². The zero-order chi connectivity index (χ0) is 23.2. The van der Waals surface area contributed by atoms with Crippen molar-refractivity contribution in [3.05, 3.63) is 58.7 Å². The van der Waals surface area contributed by atoms with Crippen molar-refractivity contribution in [2.45, 2.75) is 105 Å². The van der Waals surface area contributed by atoms with E-state index in [2.05, 4.69) is 71.0 Å². The molecule has 2 aromatic carbocycles. The summed E-state index contributed by atoms with van der Waals surface area (Å²) in [6.07, 6.45) is 15.0. The summed E-state index contributed by atoms with van der Waals surface area (Å²) in [4.78, 5) is 9.87. The standard InChI is InChI=1S/C30H44N2.Pd/c1-6-11-12-13-14-15-16-30(32-29-20-18-25(8-3)27(10-5)22-29)23-31-28-19-17-24(7-2)26(9-4)21-28;/h17-23H,6-16H2,1-5H3;/b31-23+,32-30+;. The van der Waals surface area contributed by atoms with Crippen molar-refractivity contribution in [2.75, 3.05) is 0 Å². The molecule has 0 aliphatic heterocycles. The van der Waals surface area contributed by atoms with Crippen molar-refractivity contribution in [3.63, 3.8) is 0 Å². The van der Waals surface area contributed by atoms with E-state index in [4.69, 9.17) is 9.98 Å². The number of unbranched alkanes of at least 4 members (excludes halogenated alkanes) is 5. The van der Waals surface area contributed by atoms with Crippen LogP contribution in [-0.4, -0.2) is 11.9 Å². The summed E-state index contributed by atoms with van der Waals surface area (Å²) in [6.45, 7) is 11.2. The summed E-state index contributed by atoms with van der Waals surface area (Å²) >= 11 is 0. The number of rotatable bonds is 14. The van der Waals surface area contributed by atoms with Gasteiger partial charge in [-0.1, -0.05) is 78.9 Å². The van der Waals surface area contributed by atoms with Crippen LogP contribution in [0.2, 0.25) is 0 Å². The third-order valence-electron chi connectivity index (χ3n) is 6.33. The van der Waals surface area contributed by atoms with Gasteiger partial charge < -0.3 is 0 Å². The van der Waals surface area contributed by atoms with Crippen LogP contribution in [0.3, 0.4) is 0 Å². The van der Waals surface area contributed by atoms with Gasteiger partial charge in [-0.2, -0.15) is 0 Å². The first-order valence-electron chi connectivity index (χ1n) is 13.0. The maximum absolute atomic E-state index is 5.04. The Morgan fingerprint density at radius 2 is 1.15 bits per heavy atom. The maximum atomic E-state index is 5.04. The molecule has 0 heterocycles. The van der Waals surface area contributed by atoms with E-state index in [1.165, 1.54) is 60.8 Å². The van der Waals surface area contributed by atoms with E-state index in [0.717, 1.165) is 49.2 Å². The fraction of sp³-hybridized carbons (Fsp3) is 0.533. The SMILES string of the molecule is CCCCCCCCC(/C=N/c1ccc(CC)c(CC)c1)=N\c1ccc(CC)c(CC)c1.[Pd]. The zero-order valence-corrected chi connectivity index (χ0v) is 23.1. The Bertz CT molecular complexity index is 883. The fourth-order valence-corrected chi connectivity index (χ4v) is 4.27. The Hall–Kier alpha value is -1.56. The number of aliphatic imine (C=N–C) groups is 2. The fourth-order valence-electron chi connectivity index (χ4n) is 4.27. The van der Waals surface area contributed by atoms with Gasteiger partial charge in [0.05, 0.1) is 17.1 Å². The molecule has 0 atom stereocenters. The van der Waals surface area contributed by atoms with E-state index in [1.54, 1.807) is 0 Å². The van der Waals surface area contributed by atoms with Crippen molar-refractivity contribution in [1.29, 1.82) is 0 Å². The van der Waals surface area contributed by atoms with Gasteiger partial charge in [0.25, 0.3) is 0 Å². The van der Waals surface area contributed by atoms with Crippen molar-refractivity contribution >= 4 is 23.3 Å². The molecule has 0 N–H and O–H groups in total. The number of aryl methyl sites for hydroxylation is 4. The second kappa shape index (κ2) is 17.0. The molecule has 184 valence electrons. The number of nitrogens with zero attached hydrogens (tertiary/aromatic N) is 2. The number of hydrogen-bond donors (Lipinski definition) is 0. The van der Waals surface area contributed by atoms with E-state index >= 15 is 0 Å². The Morgan fingerprint density at radius 1 is 0.636 bits per heavy atom. The molecule has 0 aromatic heterocycles. The minimum absolute atomic E-state index is 0. The largest absolute Gasteiger partial charge is 0.255 e. The molecule has 2 nitrogen and oxygen atoms in total. The van der Waals surface area contributed by atoms with Crippen LogP contribution in [-0.2, 0) is 46.1 Å². The van der Waals surface area contributed by atoms with E-state index in [0.29, 0.717) is 0 Å². The molecular weight excluding hydrogens is 495 g/mol. The van der Waals surface area contributed by atoms with Gasteiger partial charge in [-0.25, -0.2) is 0 Å². The van der Waals surface area contributed by atoms with Crippen LogP contribution in [0.15, 0.2) is 46.4 Å². The second-order valence-corrected chi connectivity index (χ2v) is 8.70. The summed E-state index contributed by atoms with van der Waals surface area (Å²) in [5, 5.41) is 0. The molecule has 0 saturated heterocycles. The van der Waals surface area contributed by atoms with Crippen LogP contribution in [0.25, 0.3) is 0 Å². The molecule has 0 radical (unpaired) electrons. The molecule has 0 amide bonds. The molecule has 0 spiro atoms. The molecule has 0 bridgehead atoms. The Kier molecular flexibility index (Phi) is 15.2. The minimum Gasteiger partial charge on any atom is -0.255 e. The predicted molar refractivity (Wildman–Crippen MR) is 144 cm³/mol. The zero-order valence-electron chi connectivity index (χ0n) is 21.5. The summed E-state index contributed by atoms with van der Waals surface area (Å²) in [5.74, 6) is 0. The van der Waals surface area contributed by atoms with Crippen molar-refractivity contribution in [2.24, 2.45) is 9.98 Å². The molecule has 0 aliphatic rings. The first-order valence-corrected chi connectivity index (χ1v) is 13.0. The van der Waals surface area contributed by atoms with Gasteiger partial charge >= 0.3 is 0 Å². The quantitative estimate of drug-likeness (QED) is 0.130. The Labute approximate surface area is 217 Å². The molecule has 2 rings (SSSR count). The van der Waals surface area contributed by atoms with E-state index < -0.39 is 0 Å². The van der Waals surface area contributed by atoms with Gasteiger partial charge in [0.1, 0.15) is 0 Å².